The molecular weight excluding hydrogens is 533 g/mol. The highest BCUT2D eigenvalue weighted by molar-refractivity contribution is 6.31. The zero-order valence-corrected chi connectivity index (χ0v) is 21.9. The highest BCUT2D eigenvalue weighted by atomic mass is 35.5. The molecule has 4 aromatic carbocycles. The molecule has 40 heavy (non-hydrogen) atoms. The van der Waals surface area contributed by atoms with Crippen LogP contribution in [-0.2, 0) is 6.61 Å². The molecule has 0 saturated heterocycles. The number of methoxy groups -OCH3 is 1. The molecule has 7 nitrogen and oxygen atoms in total. The van der Waals surface area contributed by atoms with E-state index in [1.54, 1.807) is 42.5 Å². The summed E-state index contributed by atoms with van der Waals surface area (Å²) in [4.78, 5) is 18.3. The number of furan rings is 1. The van der Waals surface area contributed by atoms with E-state index in [2.05, 4.69) is 5.10 Å². The number of para-hydroxylation sites is 2. The summed E-state index contributed by atoms with van der Waals surface area (Å²) >= 11 is 6.36. The molecule has 0 aliphatic rings. The van der Waals surface area contributed by atoms with E-state index in [-0.39, 0.29) is 23.8 Å². The fourth-order valence-electron chi connectivity index (χ4n) is 4.33. The van der Waals surface area contributed by atoms with E-state index in [0.29, 0.717) is 44.3 Å². The summed E-state index contributed by atoms with van der Waals surface area (Å²) < 4.78 is 32.2. The molecule has 0 aliphatic heterocycles. The van der Waals surface area contributed by atoms with Gasteiger partial charge in [0.15, 0.2) is 17.3 Å². The Kier molecular flexibility index (Phi) is 6.76. The Labute approximate surface area is 232 Å². The molecule has 0 aliphatic carbocycles. The average Bonchev–Trinajstić information content (AvgIpc) is 3.41. The lowest BCUT2D eigenvalue weighted by Crippen LogP contribution is -2.20. The number of halogens is 2. The van der Waals surface area contributed by atoms with Crippen molar-refractivity contribution in [3.8, 4) is 23.1 Å². The van der Waals surface area contributed by atoms with Gasteiger partial charge in [-0.1, -0.05) is 54.1 Å². The second kappa shape index (κ2) is 10.7. The number of aromatic nitrogens is 2. The molecule has 198 valence electrons. The maximum atomic E-state index is 13.6. The zero-order valence-electron chi connectivity index (χ0n) is 21.2. The molecule has 6 rings (SSSR count). The van der Waals surface area contributed by atoms with E-state index in [1.807, 2.05) is 36.4 Å². The van der Waals surface area contributed by atoms with Crippen molar-refractivity contribution in [1.82, 2.24) is 9.66 Å². The Morgan fingerprint density at radius 1 is 1.02 bits per heavy atom. The summed E-state index contributed by atoms with van der Waals surface area (Å²) in [6.07, 6.45) is 1.46. The number of benzene rings is 4. The quantitative estimate of drug-likeness (QED) is 0.198. The van der Waals surface area contributed by atoms with E-state index < -0.39 is 0 Å². The summed E-state index contributed by atoms with van der Waals surface area (Å²) in [6.45, 7) is 0.140. The SMILES string of the molecule is COc1cc(Cl)cc(C=Nn2c(-c3cc4ccccc4o3)nc3ccccc3c2=O)c1OCc1ccc(F)cc1. The van der Waals surface area contributed by atoms with Crippen LogP contribution in [0.2, 0.25) is 5.02 Å². The van der Waals surface area contributed by atoms with Crippen molar-refractivity contribution in [1.29, 1.82) is 0 Å². The average molecular weight is 554 g/mol. The third kappa shape index (κ3) is 4.92. The predicted octanol–water partition coefficient (Wildman–Crippen LogP) is 7.07. The Bertz CT molecular complexity index is 1910. The van der Waals surface area contributed by atoms with Crippen molar-refractivity contribution in [2.24, 2.45) is 5.10 Å². The van der Waals surface area contributed by atoms with Crippen molar-refractivity contribution in [2.75, 3.05) is 7.11 Å². The van der Waals surface area contributed by atoms with Crippen LogP contribution in [0.3, 0.4) is 0 Å². The molecule has 0 spiro atoms. The summed E-state index contributed by atoms with van der Waals surface area (Å²) in [5.74, 6) is 1.01. The zero-order chi connectivity index (χ0) is 27.6. The first kappa shape index (κ1) is 25.3. The van der Waals surface area contributed by atoms with Crippen LogP contribution >= 0.6 is 11.6 Å². The van der Waals surface area contributed by atoms with E-state index in [0.717, 1.165) is 10.9 Å². The molecule has 0 amide bonds. The first-order chi connectivity index (χ1) is 19.5. The fourth-order valence-corrected chi connectivity index (χ4v) is 4.55. The number of rotatable bonds is 7. The molecule has 0 saturated carbocycles. The first-order valence-electron chi connectivity index (χ1n) is 12.3. The number of ether oxygens (including phenoxy) is 2. The highest BCUT2D eigenvalue weighted by Crippen LogP contribution is 2.35. The van der Waals surface area contributed by atoms with Gasteiger partial charge in [-0.2, -0.15) is 9.78 Å². The van der Waals surface area contributed by atoms with Crippen molar-refractivity contribution in [3.63, 3.8) is 0 Å². The van der Waals surface area contributed by atoms with Gasteiger partial charge in [0.1, 0.15) is 18.0 Å². The second-order valence-electron chi connectivity index (χ2n) is 8.90. The fraction of sp³-hybridized carbons (Fsp3) is 0.0645. The van der Waals surface area contributed by atoms with Crippen LogP contribution in [-0.4, -0.2) is 23.0 Å². The van der Waals surface area contributed by atoms with Gasteiger partial charge in [0.25, 0.3) is 5.56 Å². The van der Waals surface area contributed by atoms with E-state index in [1.165, 1.54) is 30.1 Å². The maximum absolute atomic E-state index is 13.6. The van der Waals surface area contributed by atoms with E-state index in [4.69, 9.17) is 30.5 Å². The summed E-state index contributed by atoms with van der Waals surface area (Å²) in [5, 5.41) is 6.18. The molecule has 0 fully saturated rings. The number of nitrogens with zero attached hydrogens (tertiary/aromatic N) is 3. The van der Waals surface area contributed by atoms with Gasteiger partial charge in [-0.15, -0.1) is 0 Å². The lowest BCUT2D eigenvalue weighted by molar-refractivity contribution is 0.284. The normalized spacial score (nSPS) is 11.5. The molecule has 0 bridgehead atoms. The number of hydrogen-bond donors (Lipinski definition) is 0. The second-order valence-corrected chi connectivity index (χ2v) is 9.34. The number of fused-ring (bicyclic) bond motifs is 2. The lowest BCUT2D eigenvalue weighted by Gasteiger charge is -2.14. The van der Waals surface area contributed by atoms with Gasteiger partial charge in [-0.25, -0.2) is 9.37 Å². The number of hydrogen-bond acceptors (Lipinski definition) is 6. The molecule has 0 unspecified atom stereocenters. The maximum Gasteiger partial charge on any atom is 0.282 e. The minimum Gasteiger partial charge on any atom is -0.493 e. The van der Waals surface area contributed by atoms with Crippen LogP contribution < -0.4 is 15.0 Å². The van der Waals surface area contributed by atoms with Gasteiger partial charge >= 0.3 is 0 Å². The molecule has 0 radical (unpaired) electrons. The minimum absolute atomic E-state index is 0.140. The summed E-state index contributed by atoms with van der Waals surface area (Å²) in [6, 6.07) is 25.6. The van der Waals surface area contributed by atoms with E-state index >= 15 is 0 Å². The van der Waals surface area contributed by atoms with Crippen molar-refractivity contribution in [3.05, 3.63) is 123 Å². The van der Waals surface area contributed by atoms with Crippen LogP contribution in [0.4, 0.5) is 4.39 Å². The standard InChI is InChI=1S/C31H21ClFN3O4/c1-38-27-16-22(32)14-21(29(27)39-18-19-10-12-23(33)13-11-19)17-34-36-30(28-15-20-6-2-5-9-26(20)40-28)35-25-8-4-3-7-24(25)31(36)37/h2-17H,18H2,1H3. The topological polar surface area (TPSA) is 78.9 Å². The Morgan fingerprint density at radius 2 is 1.80 bits per heavy atom. The molecular formula is C31H21ClFN3O4. The molecule has 2 heterocycles. The molecule has 9 heteroatoms. The molecule has 0 atom stereocenters. The van der Waals surface area contributed by atoms with Gasteiger partial charge in [-0.3, -0.25) is 4.79 Å². The van der Waals surface area contributed by atoms with Crippen LogP contribution in [0.5, 0.6) is 11.5 Å². The third-order valence-corrected chi connectivity index (χ3v) is 6.49. The van der Waals surface area contributed by atoms with Crippen LogP contribution in [0, 0.1) is 5.82 Å². The Hall–Kier alpha value is -4.95. The summed E-state index contributed by atoms with van der Waals surface area (Å²) in [5.41, 5.74) is 2.01. The Balaban J connectivity index is 1.47. The van der Waals surface area contributed by atoms with Crippen molar-refractivity contribution < 1.29 is 18.3 Å². The largest absolute Gasteiger partial charge is 0.493 e. The van der Waals surface area contributed by atoms with Gasteiger partial charge in [0.2, 0.25) is 5.82 Å². The smallest absolute Gasteiger partial charge is 0.282 e. The van der Waals surface area contributed by atoms with Crippen LogP contribution in [0.25, 0.3) is 33.5 Å². The molecule has 0 N–H and O–H groups in total. The third-order valence-electron chi connectivity index (χ3n) is 6.28. The summed E-state index contributed by atoms with van der Waals surface area (Å²) in [7, 11) is 1.49. The highest BCUT2D eigenvalue weighted by Gasteiger charge is 2.17. The van der Waals surface area contributed by atoms with Gasteiger partial charge in [0.05, 0.1) is 24.2 Å². The van der Waals surface area contributed by atoms with Gasteiger partial charge in [-0.05, 0) is 48.0 Å². The van der Waals surface area contributed by atoms with Crippen LogP contribution in [0.15, 0.2) is 105 Å². The first-order valence-corrected chi connectivity index (χ1v) is 12.7. The van der Waals surface area contributed by atoms with Crippen LogP contribution in [0.1, 0.15) is 11.1 Å². The van der Waals surface area contributed by atoms with Crippen molar-refractivity contribution >= 4 is 39.7 Å². The van der Waals surface area contributed by atoms with Gasteiger partial charge in [0, 0.05) is 22.0 Å². The minimum atomic E-state index is -0.375. The van der Waals surface area contributed by atoms with Crippen molar-refractivity contribution in [2.45, 2.75) is 6.61 Å². The van der Waals surface area contributed by atoms with Gasteiger partial charge < -0.3 is 13.9 Å². The monoisotopic (exact) mass is 553 g/mol. The lowest BCUT2D eigenvalue weighted by atomic mass is 10.2. The Morgan fingerprint density at radius 3 is 2.60 bits per heavy atom. The predicted molar refractivity (Wildman–Crippen MR) is 153 cm³/mol. The molecule has 2 aromatic heterocycles. The van der Waals surface area contributed by atoms with E-state index in [9.17, 15) is 9.18 Å². The molecule has 6 aromatic rings.